The third-order valence-corrected chi connectivity index (χ3v) is 7.70. The van der Waals surface area contributed by atoms with Gasteiger partial charge >= 0.3 is 5.69 Å². The van der Waals surface area contributed by atoms with Gasteiger partial charge in [0, 0.05) is 19.1 Å². The molecule has 0 radical (unpaired) electrons. The summed E-state index contributed by atoms with van der Waals surface area (Å²) < 4.78 is 27.0. The monoisotopic (exact) mass is 391 g/mol. The van der Waals surface area contributed by atoms with E-state index in [1.165, 1.54) is 4.57 Å². The minimum absolute atomic E-state index is 0.0413. The molecule has 2 aliphatic rings. The molecular weight excluding hydrogens is 366 g/mol. The first-order chi connectivity index (χ1) is 12.9. The Morgan fingerprint density at radius 3 is 2.41 bits per heavy atom. The zero-order chi connectivity index (χ0) is 19.2. The molecule has 1 aromatic carbocycles. The Kier molecular flexibility index (Phi) is 4.61. The summed E-state index contributed by atoms with van der Waals surface area (Å²) in [5.74, 6) is 0.0321. The van der Waals surface area contributed by atoms with E-state index in [0.29, 0.717) is 6.42 Å². The Hall–Kier alpha value is -2.09. The van der Waals surface area contributed by atoms with Crippen molar-refractivity contribution >= 4 is 26.8 Å². The molecule has 1 aliphatic carbocycles. The van der Waals surface area contributed by atoms with Gasteiger partial charge in [0.2, 0.25) is 5.91 Å². The lowest BCUT2D eigenvalue weighted by Gasteiger charge is -2.34. The van der Waals surface area contributed by atoms with Gasteiger partial charge < -0.3 is 4.90 Å². The Bertz CT molecular complexity index is 1030. The van der Waals surface area contributed by atoms with Crippen molar-refractivity contribution < 1.29 is 13.2 Å². The number of para-hydroxylation sites is 2. The van der Waals surface area contributed by atoms with Crippen LogP contribution in [0.1, 0.15) is 32.1 Å². The number of aryl methyl sites for hydroxylation is 1. The van der Waals surface area contributed by atoms with E-state index in [0.717, 1.165) is 36.7 Å². The number of imidazole rings is 1. The van der Waals surface area contributed by atoms with Gasteiger partial charge in [0.25, 0.3) is 0 Å². The number of carbonyl (C=O) groups is 1. The molecule has 1 amide bonds. The van der Waals surface area contributed by atoms with Gasteiger partial charge in [0.05, 0.1) is 22.5 Å². The Balaban J connectivity index is 1.67. The van der Waals surface area contributed by atoms with E-state index in [4.69, 9.17) is 0 Å². The topological polar surface area (TPSA) is 81.4 Å². The highest BCUT2D eigenvalue weighted by atomic mass is 32.2. The fourth-order valence-electron chi connectivity index (χ4n) is 4.62. The maximum atomic E-state index is 13.3. The summed E-state index contributed by atoms with van der Waals surface area (Å²) >= 11 is 0. The molecule has 1 saturated carbocycles. The normalized spacial score (nSPS) is 22.5. The number of amides is 1. The summed E-state index contributed by atoms with van der Waals surface area (Å²) in [5.41, 5.74) is 1.28. The zero-order valence-electron chi connectivity index (χ0n) is 15.5. The second kappa shape index (κ2) is 6.82. The third-order valence-electron chi connectivity index (χ3n) is 5.95. The number of nitrogens with zero attached hydrogens (tertiary/aromatic N) is 3. The number of carbonyl (C=O) groups excluding carboxylic acids is 1. The Labute approximate surface area is 158 Å². The van der Waals surface area contributed by atoms with Crippen molar-refractivity contribution in [2.45, 2.75) is 50.7 Å². The molecule has 2 heterocycles. The van der Waals surface area contributed by atoms with Crippen molar-refractivity contribution in [3.8, 4) is 0 Å². The number of hydrogen-bond acceptors (Lipinski definition) is 4. The first kappa shape index (κ1) is 18.3. The van der Waals surface area contributed by atoms with Crippen LogP contribution in [0.5, 0.6) is 0 Å². The Morgan fingerprint density at radius 1 is 1.11 bits per heavy atom. The molecule has 1 unspecified atom stereocenters. The van der Waals surface area contributed by atoms with Crippen LogP contribution in [0.2, 0.25) is 0 Å². The lowest BCUT2D eigenvalue weighted by atomic mass is 10.1. The molecule has 0 bridgehead atoms. The van der Waals surface area contributed by atoms with E-state index >= 15 is 0 Å². The predicted octanol–water partition coefficient (Wildman–Crippen LogP) is 1.30. The maximum Gasteiger partial charge on any atom is 0.329 e. The van der Waals surface area contributed by atoms with Gasteiger partial charge in [-0.2, -0.15) is 0 Å². The van der Waals surface area contributed by atoms with E-state index < -0.39 is 9.84 Å². The molecule has 1 aliphatic heterocycles. The molecule has 2 aromatic rings. The number of aromatic nitrogens is 2. The largest absolute Gasteiger partial charge is 0.334 e. The molecule has 1 aromatic heterocycles. The molecule has 8 heteroatoms. The van der Waals surface area contributed by atoms with Crippen LogP contribution in [-0.4, -0.2) is 51.9 Å². The average molecular weight is 391 g/mol. The van der Waals surface area contributed by atoms with Crippen molar-refractivity contribution in [2.24, 2.45) is 7.05 Å². The highest BCUT2D eigenvalue weighted by Crippen LogP contribution is 2.29. The van der Waals surface area contributed by atoms with Crippen LogP contribution in [0.25, 0.3) is 11.0 Å². The molecule has 1 saturated heterocycles. The first-order valence-corrected chi connectivity index (χ1v) is 11.4. The molecule has 0 spiro atoms. The summed E-state index contributed by atoms with van der Waals surface area (Å²) in [6.07, 6.45) is 4.43. The van der Waals surface area contributed by atoms with Gasteiger partial charge in [-0.1, -0.05) is 25.0 Å². The summed E-state index contributed by atoms with van der Waals surface area (Å²) in [5, 5.41) is 0. The molecule has 27 heavy (non-hydrogen) atoms. The fraction of sp³-hybridized carbons (Fsp3) is 0.579. The van der Waals surface area contributed by atoms with Crippen LogP contribution in [0.4, 0.5) is 0 Å². The second-order valence-corrected chi connectivity index (χ2v) is 9.94. The van der Waals surface area contributed by atoms with Crippen molar-refractivity contribution in [3.63, 3.8) is 0 Å². The van der Waals surface area contributed by atoms with Crippen LogP contribution >= 0.6 is 0 Å². The van der Waals surface area contributed by atoms with Crippen LogP contribution in [0.3, 0.4) is 0 Å². The van der Waals surface area contributed by atoms with Crippen molar-refractivity contribution in [1.82, 2.24) is 14.0 Å². The molecule has 7 nitrogen and oxygen atoms in total. The van der Waals surface area contributed by atoms with Crippen LogP contribution < -0.4 is 5.69 Å². The lowest BCUT2D eigenvalue weighted by Crippen LogP contribution is -2.48. The molecule has 146 valence electrons. The first-order valence-electron chi connectivity index (χ1n) is 9.53. The van der Waals surface area contributed by atoms with E-state index in [1.807, 2.05) is 24.3 Å². The van der Waals surface area contributed by atoms with Crippen molar-refractivity contribution in [2.75, 3.05) is 11.5 Å². The van der Waals surface area contributed by atoms with E-state index in [2.05, 4.69) is 0 Å². The van der Waals surface area contributed by atoms with Crippen molar-refractivity contribution in [3.05, 3.63) is 34.7 Å². The van der Waals surface area contributed by atoms with E-state index in [1.54, 1.807) is 16.5 Å². The lowest BCUT2D eigenvalue weighted by molar-refractivity contribution is -0.136. The number of fused-ring (bicyclic) bond motifs is 1. The Morgan fingerprint density at radius 2 is 1.78 bits per heavy atom. The number of benzene rings is 1. The minimum Gasteiger partial charge on any atom is -0.334 e. The molecular formula is C19H25N3O4S. The minimum atomic E-state index is -3.08. The third kappa shape index (κ3) is 3.31. The van der Waals surface area contributed by atoms with Gasteiger partial charge in [0.15, 0.2) is 9.84 Å². The van der Waals surface area contributed by atoms with Crippen LogP contribution in [0, 0.1) is 0 Å². The highest BCUT2D eigenvalue weighted by Gasteiger charge is 2.39. The number of sulfone groups is 1. The second-order valence-electron chi connectivity index (χ2n) is 7.71. The number of rotatable bonds is 4. The van der Waals surface area contributed by atoms with Gasteiger partial charge in [-0.05, 0) is 31.4 Å². The van der Waals surface area contributed by atoms with E-state index in [-0.39, 0.29) is 41.7 Å². The molecule has 4 rings (SSSR count). The zero-order valence-corrected chi connectivity index (χ0v) is 16.3. The van der Waals surface area contributed by atoms with Crippen molar-refractivity contribution in [1.29, 1.82) is 0 Å². The highest BCUT2D eigenvalue weighted by molar-refractivity contribution is 7.91. The predicted molar refractivity (Wildman–Crippen MR) is 103 cm³/mol. The van der Waals surface area contributed by atoms with Gasteiger partial charge in [-0.25, -0.2) is 13.2 Å². The molecule has 0 N–H and O–H groups in total. The quantitative estimate of drug-likeness (QED) is 0.787. The maximum absolute atomic E-state index is 13.3. The summed E-state index contributed by atoms with van der Waals surface area (Å²) in [6, 6.07) is 7.22. The van der Waals surface area contributed by atoms with Crippen LogP contribution in [0.15, 0.2) is 29.1 Å². The SMILES string of the molecule is Cn1c(=O)n(CC(=O)N(C2CCCC2)C2CCS(=O)(=O)C2)c2ccccc21. The summed E-state index contributed by atoms with van der Waals surface area (Å²) in [6.45, 7) is -0.0484. The van der Waals surface area contributed by atoms with Gasteiger partial charge in [-0.15, -0.1) is 0 Å². The average Bonchev–Trinajstić information content (AvgIpc) is 3.33. The molecule has 1 atom stereocenters. The van der Waals surface area contributed by atoms with Gasteiger partial charge in [0.1, 0.15) is 6.54 Å². The summed E-state index contributed by atoms with van der Waals surface area (Å²) in [4.78, 5) is 27.7. The number of hydrogen-bond donors (Lipinski definition) is 0. The van der Waals surface area contributed by atoms with E-state index in [9.17, 15) is 18.0 Å². The van der Waals surface area contributed by atoms with Crippen LogP contribution in [-0.2, 0) is 28.2 Å². The standard InChI is InChI=1S/C19H25N3O4S/c1-20-16-8-4-5-9-17(16)21(19(20)24)12-18(23)22(14-6-2-3-7-14)15-10-11-27(25,26)13-15/h4-5,8-9,14-15H,2-3,6-7,10-13H2,1H3. The summed E-state index contributed by atoms with van der Waals surface area (Å²) in [7, 11) is -1.38. The van der Waals surface area contributed by atoms with Gasteiger partial charge in [-0.3, -0.25) is 13.9 Å². The molecule has 2 fully saturated rings. The fourth-order valence-corrected chi connectivity index (χ4v) is 6.33. The smallest absolute Gasteiger partial charge is 0.329 e.